The number of aliphatic hydroxyl groups is 1. The average Bonchev–Trinajstić information content (AvgIpc) is 2.45. The van der Waals surface area contributed by atoms with Crippen LogP contribution in [0.1, 0.15) is 49.5 Å². The van der Waals surface area contributed by atoms with Gasteiger partial charge in [-0.05, 0) is 30.0 Å². The molecule has 0 amide bonds. The van der Waals surface area contributed by atoms with Crippen LogP contribution in [0, 0.1) is 0 Å². The fraction of sp³-hybridized carbons (Fsp3) is 0.333. The van der Waals surface area contributed by atoms with Crippen molar-refractivity contribution < 1.29 is 9.84 Å². The third-order valence-corrected chi connectivity index (χ3v) is 3.41. The van der Waals surface area contributed by atoms with Crippen LogP contribution in [-0.4, -0.2) is 5.11 Å². The Morgan fingerprint density at radius 1 is 0.950 bits per heavy atom. The van der Waals surface area contributed by atoms with Crippen molar-refractivity contribution in [3.05, 3.63) is 65.2 Å². The first-order valence-electron chi connectivity index (χ1n) is 7.06. The molecule has 20 heavy (non-hydrogen) atoms. The summed E-state index contributed by atoms with van der Waals surface area (Å²) in [5, 5.41) is 9.72. The monoisotopic (exact) mass is 270 g/mol. The van der Waals surface area contributed by atoms with E-state index in [0.717, 1.165) is 16.9 Å². The van der Waals surface area contributed by atoms with Crippen LogP contribution in [0.25, 0.3) is 0 Å². The molecule has 2 aromatic rings. The van der Waals surface area contributed by atoms with Gasteiger partial charge in [0.15, 0.2) is 0 Å². The molecule has 2 nitrogen and oxygen atoms in total. The van der Waals surface area contributed by atoms with E-state index in [0.29, 0.717) is 12.5 Å². The Kier molecular flexibility index (Phi) is 4.80. The first-order valence-corrected chi connectivity index (χ1v) is 7.06. The summed E-state index contributed by atoms with van der Waals surface area (Å²) in [5.41, 5.74) is 3.29. The summed E-state index contributed by atoms with van der Waals surface area (Å²) in [6, 6.07) is 16.1. The number of aliphatic hydroxyl groups excluding tert-OH is 1. The van der Waals surface area contributed by atoms with Crippen molar-refractivity contribution in [2.24, 2.45) is 0 Å². The SMILES string of the molecule is CC(C)c1ccc(COc2ccccc2[C@H](C)O)cc1. The highest BCUT2D eigenvalue weighted by atomic mass is 16.5. The molecule has 0 aliphatic rings. The van der Waals surface area contributed by atoms with Crippen LogP contribution >= 0.6 is 0 Å². The standard InChI is InChI=1S/C18H22O2/c1-13(2)16-10-8-15(9-11-16)12-20-18-7-5-4-6-17(18)14(3)19/h4-11,13-14,19H,12H2,1-3H3/t14-/m0/s1. The van der Waals surface area contributed by atoms with Crippen molar-refractivity contribution in [2.45, 2.75) is 39.4 Å². The highest BCUT2D eigenvalue weighted by molar-refractivity contribution is 5.35. The van der Waals surface area contributed by atoms with Crippen molar-refractivity contribution >= 4 is 0 Å². The Balaban J connectivity index is 2.05. The molecule has 0 fully saturated rings. The van der Waals surface area contributed by atoms with Gasteiger partial charge in [-0.3, -0.25) is 0 Å². The summed E-state index contributed by atoms with van der Waals surface area (Å²) < 4.78 is 5.82. The summed E-state index contributed by atoms with van der Waals surface area (Å²) in [7, 11) is 0. The molecular formula is C18H22O2. The highest BCUT2D eigenvalue weighted by Crippen LogP contribution is 2.25. The largest absolute Gasteiger partial charge is 0.489 e. The molecule has 2 heteroatoms. The molecule has 0 bridgehead atoms. The normalized spacial score (nSPS) is 12.4. The quantitative estimate of drug-likeness (QED) is 0.870. The van der Waals surface area contributed by atoms with Gasteiger partial charge < -0.3 is 9.84 Å². The molecule has 1 atom stereocenters. The molecule has 0 spiro atoms. The zero-order chi connectivity index (χ0) is 14.5. The van der Waals surface area contributed by atoms with Gasteiger partial charge in [-0.15, -0.1) is 0 Å². The molecule has 0 aromatic heterocycles. The van der Waals surface area contributed by atoms with Crippen LogP contribution in [-0.2, 0) is 6.61 Å². The molecule has 0 aliphatic heterocycles. The Hall–Kier alpha value is -1.80. The molecule has 1 N–H and O–H groups in total. The summed E-state index contributed by atoms with van der Waals surface area (Å²) in [6.07, 6.45) is -0.519. The number of benzene rings is 2. The minimum Gasteiger partial charge on any atom is -0.489 e. The third kappa shape index (κ3) is 3.61. The van der Waals surface area contributed by atoms with Crippen molar-refractivity contribution in [3.63, 3.8) is 0 Å². The topological polar surface area (TPSA) is 29.5 Å². The molecule has 0 heterocycles. The summed E-state index contributed by atoms with van der Waals surface area (Å²) in [5.74, 6) is 1.29. The molecule has 106 valence electrons. The van der Waals surface area contributed by atoms with Crippen LogP contribution < -0.4 is 4.74 Å². The van der Waals surface area contributed by atoms with Crippen molar-refractivity contribution in [2.75, 3.05) is 0 Å². The Labute approximate surface area is 121 Å². The highest BCUT2D eigenvalue weighted by Gasteiger charge is 2.08. The lowest BCUT2D eigenvalue weighted by molar-refractivity contribution is 0.190. The van der Waals surface area contributed by atoms with Crippen molar-refractivity contribution in [3.8, 4) is 5.75 Å². The van der Waals surface area contributed by atoms with Crippen LogP contribution in [0.5, 0.6) is 5.75 Å². The zero-order valence-electron chi connectivity index (χ0n) is 12.3. The number of para-hydroxylation sites is 1. The summed E-state index contributed by atoms with van der Waals surface area (Å²) in [6.45, 7) is 6.64. The second-order valence-electron chi connectivity index (χ2n) is 5.40. The molecule has 0 radical (unpaired) electrons. The summed E-state index contributed by atoms with van der Waals surface area (Å²) >= 11 is 0. The lowest BCUT2D eigenvalue weighted by Gasteiger charge is -2.13. The lowest BCUT2D eigenvalue weighted by atomic mass is 10.0. The number of hydrogen-bond donors (Lipinski definition) is 1. The van der Waals surface area contributed by atoms with Crippen molar-refractivity contribution in [1.29, 1.82) is 0 Å². The van der Waals surface area contributed by atoms with Gasteiger partial charge >= 0.3 is 0 Å². The predicted molar refractivity (Wildman–Crippen MR) is 81.9 cm³/mol. The van der Waals surface area contributed by atoms with Gasteiger partial charge in [-0.2, -0.15) is 0 Å². The fourth-order valence-electron chi connectivity index (χ4n) is 2.12. The first-order chi connectivity index (χ1) is 9.58. The smallest absolute Gasteiger partial charge is 0.125 e. The Morgan fingerprint density at radius 2 is 1.60 bits per heavy atom. The van der Waals surface area contributed by atoms with E-state index >= 15 is 0 Å². The molecular weight excluding hydrogens is 248 g/mol. The van der Waals surface area contributed by atoms with E-state index in [1.807, 2.05) is 24.3 Å². The van der Waals surface area contributed by atoms with Crippen LogP contribution in [0.4, 0.5) is 0 Å². The van der Waals surface area contributed by atoms with E-state index in [2.05, 4.69) is 38.1 Å². The molecule has 0 saturated carbocycles. The van der Waals surface area contributed by atoms with Crippen LogP contribution in [0.2, 0.25) is 0 Å². The van der Waals surface area contributed by atoms with E-state index in [1.54, 1.807) is 6.92 Å². The van der Waals surface area contributed by atoms with Crippen LogP contribution in [0.3, 0.4) is 0 Å². The second-order valence-corrected chi connectivity index (χ2v) is 5.40. The molecule has 0 aliphatic carbocycles. The number of rotatable bonds is 5. The molecule has 2 aromatic carbocycles. The number of ether oxygens (including phenoxy) is 1. The van der Waals surface area contributed by atoms with E-state index in [4.69, 9.17) is 4.74 Å². The van der Waals surface area contributed by atoms with E-state index < -0.39 is 6.10 Å². The Morgan fingerprint density at radius 3 is 2.20 bits per heavy atom. The average molecular weight is 270 g/mol. The lowest BCUT2D eigenvalue weighted by Crippen LogP contribution is -2.01. The maximum atomic E-state index is 9.72. The van der Waals surface area contributed by atoms with Gasteiger partial charge in [0.05, 0.1) is 6.10 Å². The van der Waals surface area contributed by atoms with E-state index in [-0.39, 0.29) is 0 Å². The third-order valence-electron chi connectivity index (χ3n) is 3.41. The van der Waals surface area contributed by atoms with Gasteiger partial charge in [-0.1, -0.05) is 56.3 Å². The van der Waals surface area contributed by atoms with Crippen molar-refractivity contribution in [1.82, 2.24) is 0 Å². The molecule has 0 unspecified atom stereocenters. The van der Waals surface area contributed by atoms with Gasteiger partial charge in [0, 0.05) is 5.56 Å². The Bertz CT molecular complexity index is 542. The van der Waals surface area contributed by atoms with Gasteiger partial charge in [-0.25, -0.2) is 0 Å². The minimum absolute atomic E-state index is 0.516. The maximum absolute atomic E-state index is 9.72. The minimum atomic E-state index is -0.519. The van der Waals surface area contributed by atoms with E-state index in [9.17, 15) is 5.11 Å². The zero-order valence-corrected chi connectivity index (χ0v) is 12.3. The maximum Gasteiger partial charge on any atom is 0.125 e. The van der Waals surface area contributed by atoms with Gasteiger partial charge in [0.1, 0.15) is 12.4 Å². The molecule has 0 saturated heterocycles. The van der Waals surface area contributed by atoms with Gasteiger partial charge in [0.2, 0.25) is 0 Å². The second kappa shape index (κ2) is 6.58. The van der Waals surface area contributed by atoms with Gasteiger partial charge in [0.25, 0.3) is 0 Å². The molecule has 2 rings (SSSR count). The fourth-order valence-corrected chi connectivity index (χ4v) is 2.12. The first kappa shape index (κ1) is 14.6. The van der Waals surface area contributed by atoms with Crippen LogP contribution in [0.15, 0.2) is 48.5 Å². The summed E-state index contributed by atoms with van der Waals surface area (Å²) in [4.78, 5) is 0. The van der Waals surface area contributed by atoms with E-state index in [1.165, 1.54) is 5.56 Å². The predicted octanol–water partition coefficient (Wildman–Crippen LogP) is 4.44. The number of hydrogen-bond acceptors (Lipinski definition) is 2.